The van der Waals surface area contributed by atoms with Crippen molar-refractivity contribution in [2.45, 2.75) is 6.92 Å². The second-order valence-corrected chi connectivity index (χ2v) is 7.37. The Kier molecular flexibility index (Phi) is 5.74. The van der Waals surface area contributed by atoms with E-state index >= 15 is 0 Å². The first-order chi connectivity index (χ1) is 17.1. The Morgan fingerprint density at radius 2 is 1.69 bits per heavy atom. The van der Waals surface area contributed by atoms with Gasteiger partial charge in [0.1, 0.15) is 11.5 Å². The number of rotatable bonds is 8. The molecule has 2 aromatic carbocycles. The van der Waals surface area contributed by atoms with E-state index in [4.69, 9.17) is 9.05 Å². The molecule has 5 aromatic rings. The van der Waals surface area contributed by atoms with Gasteiger partial charge in [0.15, 0.2) is 11.6 Å². The molecule has 12 heteroatoms. The van der Waals surface area contributed by atoms with Crippen LogP contribution in [-0.4, -0.2) is 37.6 Å². The summed E-state index contributed by atoms with van der Waals surface area (Å²) in [4.78, 5) is 20.1. The topological polar surface area (TPSA) is 164 Å². The van der Waals surface area contributed by atoms with Crippen LogP contribution < -0.4 is 16.3 Å². The van der Waals surface area contributed by atoms with Crippen molar-refractivity contribution in [2.75, 3.05) is 16.3 Å². The van der Waals surface area contributed by atoms with Crippen molar-refractivity contribution in [1.29, 1.82) is 0 Å². The summed E-state index contributed by atoms with van der Waals surface area (Å²) in [6.07, 6.45) is 1.43. The molecule has 0 bridgehead atoms. The lowest BCUT2D eigenvalue weighted by Crippen LogP contribution is -2.13. The lowest BCUT2D eigenvalue weighted by molar-refractivity contribution is 0.0697. The predicted molar refractivity (Wildman–Crippen MR) is 128 cm³/mol. The van der Waals surface area contributed by atoms with Gasteiger partial charge in [-0.05, 0) is 47.6 Å². The first-order valence-electron chi connectivity index (χ1n) is 10.4. The van der Waals surface area contributed by atoms with Crippen molar-refractivity contribution in [1.82, 2.24) is 20.3 Å². The maximum absolute atomic E-state index is 11.5. The van der Waals surface area contributed by atoms with Gasteiger partial charge < -0.3 is 9.52 Å². The average Bonchev–Trinajstić information content (AvgIpc) is 3.53. The van der Waals surface area contributed by atoms with Gasteiger partial charge in [0, 0.05) is 5.56 Å². The first kappa shape index (κ1) is 21.6. The molecule has 3 heterocycles. The number of fused-ring (bicyclic) bond motifs is 1. The quantitative estimate of drug-likeness (QED) is 0.190. The van der Waals surface area contributed by atoms with Crippen molar-refractivity contribution in [2.24, 2.45) is 5.10 Å². The minimum absolute atomic E-state index is 0.144. The average molecular weight is 470 g/mol. The van der Waals surface area contributed by atoms with Crippen LogP contribution in [0, 0.1) is 6.92 Å². The van der Waals surface area contributed by atoms with E-state index in [9.17, 15) is 9.90 Å². The number of benzene rings is 2. The van der Waals surface area contributed by atoms with Crippen molar-refractivity contribution in [3.63, 3.8) is 0 Å². The van der Waals surface area contributed by atoms with E-state index in [1.807, 2.05) is 31.2 Å². The maximum atomic E-state index is 11.5. The standard InChI is InChI=1S/C23H18N8O4/c1-13-6-8-14(9-7-13)27-29-20-19(25-21-22(26-20)31-35-30-21)28-24-12-15-10-11-18(34-15)16-4-2-3-5-17(16)23(32)33/h2-12,27H,1H3,(H,32,33)(H,25,28,30)(H,26,29,31)/b24-12+. The molecule has 0 radical (unpaired) electrons. The van der Waals surface area contributed by atoms with Gasteiger partial charge >= 0.3 is 5.97 Å². The van der Waals surface area contributed by atoms with Crippen molar-refractivity contribution < 1.29 is 18.9 Å². The van der Waals surface area contributed by atoms with E-state index in [0.717, 1.165) is 11.3 Å². The van der Waals surface area contributed by atoms with Crippen LogP contribution in [0.3, 0.4) is 0 Å². The zero-order valence-electron chi connectivity index (χ0n) is 18.3. The highest BCUT2D eigenvalue weighted by atomic mass is 16.6. The monoisotopic (exact) mass is 470 g/mol. The van der Waals surface area contributed by atoms with Crippen LogP contribution >= 0.6 is 0 Å². The van der Waals surface area contributed by atoms with Crippen LogP contribution in [0.5, 0.6) is 0 Å². The minimum atomic E-state index is -1.04. The van der Waals surface area contributed by atoms with E-state index in [2.05, 4.69) is 41.7 Å². The number of anilines is 3. The fourth-order valence-electron chi connectivity index (χ4n) is 3.18. The highest BCUT2D eigenvalue weighted by Crippen LogP contribution is 2.26. The third-order valence-corrected chi connectivity index (χ3v) is 4.90. The normalized spacial score (nSPS) is 11.1. The molecular formula is C23H18N8O4. The summed E-state index contributed by atoms with van der Waals surface area (Å²) in [6.45, 7) is 2.00. The predicted octanol–water partition coefficient (Wildman–Crippen LogP) is 4.16. The first-order valence-corrected chi connectivity index (χ1v) is 10.4. The molecular weight excluding hydrogens is 452 g/mol. The number of aromatic nitrogens is 4. The molecule has 12 nitrogen and oxygen atoms in total. The number of hydrazine groups is 1. The zero-order chi connectivity index (χ0) is 24.2. The van der Waals surface area contributed by atoms with E-state index in [1.165, 1.54) is 12.3 Å². The maximum Gasteiger partial charge on any atom is 0.336 e. The van der Waals surface area contributed by atoms with Gasteiger partial charge in [-0.15, -0.1) is 0 Å². The zero-order valence-corrected chi connectivity index (χ0v) is 18.3. The van der Waals surface area contributed by atoms with Gasteiger partial charge in [0.05, 0.1) is 17.5 Å². The highest BCUT2D eigenvalue weighted by Gasteiger charge is 2.14. The molecule has 0 aliphatic carbocycles. The number of carboxylic acid groups (broad SMARTS) is 1. The largest absolute Gasteiger partial charge is 0.478 e. The number of nitrogens with one attached hydrogen (secondary N) is 3. The SMILES string of the molecule is Cc1ccc(NNc2nc3nonc3nc2N/N=C/c2ccc(-c3ccccc3C(=O)O)o2)cc1. The highest BCUT2D eigenvalue weighted by molar-refractivity contribution is 5.95. The fraction of sp³-hybridized carbons (Fsp3) is 0.0435. The number of carbonyl (C=O) groups is 1. The molecule has 174 valence electrons. The van der Waals surface area contributed by atoms with Crippen LogP contribution in [-0.2, 0) is 0 Å². The second kappa shape index (κ2) is 9.31. The number of furan rings is 1. The smallest absolute Gasteiger partial charge is 0.336 e. The van der Waals surface area contributed by atoms with Crippen molar-refractivity contribution >= 4 is 40.8 Å². The Bertz CT molecular complexity index is 1520. The molecule has 0 atom stereocenters. The molecule has 4 N–H and O–H groups in total. The molecule has 0 unspecified atom stereocenters. The summed E-state index contributed by atoms with van der Waals surface area (Å²) in [6, 6.07) is 17.7. The van der Waals surface area contributed by atoms with Crippen LogP contribution in [0.4, 0.5) is 17.3 Å². The summed E-state index contributed by atoms with van der Waals surface area (Å²) in [5.41, 5.74) is 11.8. The van der Waals surface area contributed by atoms with Gasteiger partial charge in [0.2, 0.25) is 11.3 Å². The molecule has 0 fully saturated rings. The fourth-order valence-corrected chi connectivity index (χ4v) is 3.18. The lowest BCUT2D eigenvalue weighted by atomic mass is 10.1. The summed E-state index contributed by atoms with van der Waals surface area (Å²) in [7, 11) is 0. The number of hydrazone groups is 1. The molecule has 0 aliphatic heterocycles. The Morgan fingerprint density at radius 3 is 2.46 bits per heavy atom. The van der Waals surface area contributed by atoms with Gasteiger partial charge in [-0.2, -0.15) is 15.1 Å². The van der Waals surface area contributed by atoms with Gasteiger partial charge in [-0.1, -0.05) is 35.9 Å². The number of aryl methyl sites for hydroxylation is 1. The van der Waals surface area contributed by atoms with E-state index in [0.29, 0.717) is 22.9 Å². The van der Waals surface area contributed by atoms with E-state index in [1.54, 1.807) is 30.3 Å². The third-order valence-electron chi connectivity index (χ3n) is 4.90. The number of carboxylic acids is 1. The summed E-state index contributed by atoms with van der Waals surface area (Å²) >= 11 is 0. The Morgan fingerprint density at radius 1 is 0.943 bits per heavy atom. The minimum Gasteiger partial charge on any atom is -0.478 e. The molecule has 35 heavy (non-hydrogen) atoms. The molecule has 0 amide bonds. The number of hydrogen-bond donors (Lipinski definition) is 4. The molecule has 0 aliphatic rings. The Labute approximate surface area is 197 Å². The lowest BCUT2D eigenvalue weighted by Gasteiger charge is -2.11. The summed E-state index contributed by atoms with van der Waals surface area (Å²) in [5, 5.41) is 21.0. The van der Waals surface area contributed by atoms with Crippen LogP contribution in [0.2, 0.25) is 0 Å². The second-order valence-electron chi connectivity index (χ2n) is 7.37. The van der Waals surface area contributed by atoms with Gasteiger partial charge in [-0.3, -0.25) is 16.3 Å². The van der Waals surface area contributed by atoms with E-state index in [-0.39, 0.29) is 22.7 Å². The molecule has 0 saturated carbocycles. The van der Waals surface area contributed by atoms with Gasteiger partial charge in [0.25, 0.3) is 0 Å². The third kappa shape index (κ3) is 4.75. The summed E-state index contributed by atoms with van der Waals surface area (Å²) < 4.78 is 10.4. The molecule has 3 aromatic heterocycles. The van der Waals surface area contributed by atoms with Crippen molar-refractivity contribution in [3.05, 3.63) is 77.6 Å². The molecule has 5 rings (SSSR count). The molecule has 0 spiro atoms. The molecule has 0 saturated heterocycles. The van der Waals surface area contributed by atoms with Crippen LogP contribution in [0.25, 0.3) is 22.6 Å². The van der Waals surface area contributed by atoms with Gasteiger partial charge in [-0.25, -0.2) is 9.42 Å². The Balaban J connectivity index is 1.34. The van der Waals surface area contributed by atoms with E-state index < -0.39 is 5.97 Å². The number of aromatic carboxylic acids is 1. The number of hydrogen-bond acceptors (Lipinski definition) is 11. The van der Waals surface area contributed by atoms with Crippen molar-refractivity contribution in [3.8, 4) is 11.3 Å². The summed E-state index contributed by atoms with van der Waals surface area (Å²) in [5.74, 6) is 0.332. The Hall–Kier alpha value is -5.26. The van der Waals surface area contributed by atoms with Crippen LogP contribution in [0.15, 0.2) is 74.8 Å². The number of nitrogens with zero attached hydrogens (tertiary/aromatic N) is 5. The van der Waals surface area contributed by atoms with Crippen LogP contribution in [0.1, 0.15) is 21.7 Å².